The summed E-state index contributed by atoms with van der Waals surface area (Å²) < 4.78 is 52.7. The normalized spacial score (nSPS) is 15.0. The van der Waals surface area contributed by atoms with Gasteiger partial charge in [0.1, 0.15) is 22.9 Å². The summed E-state index contributed by atoms with van der Waals surface area (Å²) in [6, 6.07) is 14.0. The van der Waals surface area contributed by atoms with Gasteiger partial charge in [-0.05, 0) is 75.4 Å². The zero-order valence-corrected chi connectivity index (χ0v) is 19.7. The van der Waals surface area contributed by atoms with Crippen LogP contribution in [0.5, 0.6) is 11.5 Å². The fourth-order valence-electron chi connectivity index (χ4n) is 3.79. The van der Waals surface area contributed by atoms with Gasteiger partial charge in [0, 0.05) is 23.6 Å². The van der Waals surface area contributed by atoms with Crippen LogP contribution < -0.4 is 20.1 Å². The maximum atomic E-state index is 13.7. The van der Waals surface area contributed by atoms with Gasteiger partial charge in [0.05, 0.1) is 12.2 Å². The molecule has 4 rings (SSSR count). The molecular formula is C26H29F3N4O2. The van der Waals surface area contributed by atoms with Gasteiger partial charge >= 0.3 is 6.18 Å². The van der Waals surface area contributed by atoms with E-state index in [4.69, 9.17) is 9.47 Å². The Morgan fingerprint density at radius 2 is 1.74 bits per heavy atom. The summed E-state index contributed by atoms with van der Waals surface area (Å²) in [6.07, 6.45) is 1.50. The zero-order valence-electron chi connectivity index (χ0n) is 19.7. The Hall–Kier alpha value is -3.49. The number of halogens is 3. The van der Waals surface area contributed by atoms with Crippen LogP contribution in [-0.2, 0) is 6.18 Å². The number of nitrogens with one attached hydrogen (secondary N) is 2. The molecule has 6 nitrogen and oxygen atoms in total. The molecule has 9 heteroatoms. The largest absolute Gasteiger partial charge is 0.491 e. The molecule has 2 aromatic carbocycles. The van der Waals surface area contributed by atoms with E-state index in [9.17, 15) is 13.2 Å². The lowest BCUT2D eigenvalue weighted by molar-refractivity contribution is -0.137. The lowest BCUT2D eigenvalue weighted by Gasteiger charge is -2.17. The van der Waals surface area contributed by atoms with Crippen LogP contribution in [-0.4, -0.2) is 22.2 Å². The Kier molecular flexibility index (Phi) is 7.63. The number of nitrogens with zero attached hydrogens (tertiary/aromatic N) is 2. The van der Waals surface area contributed by atoms with Gasteiger partial charge in [-0.15, -0.1) is 0 Å². The van der Waals surface area contributed by atoms with Crippen molar-refractivity contribution in [3.8, 4) is 11.5 Å². The van der Waals surface area contributed by atoms with E-state index in [2.05, 4.69) is 20.6 Å². The molecule has 0 radical (unpaired) electrons. The van der Waals surface area contributed by atoms with Gasteiger partial charge in [-0.25, -0.2) is 4.98 Å². The summed E-state index contributed by atoms with van der Waals surface area (Å²) in [5, 5.41) is 5.75. The van der Waals surface area contributed by atoms with Gasteiger partial charge in [-0.1, -0.05) is 13.0 Å². The highest BCUT2D eigenvalue weighted by Gasteiger charge is 2.35. The average Bonchev–Trinajstić information content (AvgIpc) is 3.33. The van der Waals surface area contributed by atoms with Crippen LogP contribution in [0.3, 0.4) is 0 Å². The highest BCUT2D eigenvalue weighted by atomic mass is 19.4. The fraction of sp³-hybridized carbons (Fsp3) is 0.385. The van der Waals surface area contributed by atoms with E-state index in [0.717, 1.165) is 38.3 Å². The molecule has 1 fully saturated rings. The van der Waals surface area contributed by atoms with Crippen molar-refractivity contribution >= 4 is 23.1 Å². The molecule has 1 unspecified atom stereocenters. The van der Waals surface area contributed by atoms with Gasteiger partial charge in [0.25, 0.3) is 0 Å². The molecule has 1 aliphatic carbocycles. The first-order chi connectivity index (χ1) is 16.8. The van der Waals surface area contributed by atoms with Crippen molar-refractivity contribution in [1.29, 1.82) is 0 Å². The van der Waals surface area contributed by atoms with E-state index >= 15 is 0 Å². The van der Waals surface area contributed by atoms with Crippen molar-refractivity contribution in [3.63, 3.8) is 0 Å². The first kappa shape index (κ1) is 24.6. The van der Waals surface area contributed by atoms with E-state index in [0.29, 0.717) is 22.9 Å². The smallest absolute Gasteiger partial charge is 0.421 e. The minimum absolute atomic E-state index is 0.0365. The summed E-state index contributed by atoms with van der Waals surface area (Å²) in [7, 11) is 0. The van der Waals surface area contributed by atoms with Gasteiger partial charge in [-0.2, -0.15) is 18.2 Å². The Balaban J connectivity index is 1.52. The molecule has 1 saturated carbocycles. The average molecular weight is 487 g/mol. The molecular weight excluding hydrogens is 457 g/mol. The zero-order chi connectivity index (χ0) is 24.8. The highest BCUT2D eigenvalue weighted by Crippen LogP contribution is 2.36. The molecule has 2 N–H and O–H groups in total. The second-order valence-electron chi connectivity index (χ2n) is 8.62. The first-order valence-corrected chi connectivity index (χ1v) is 11.8. The Morgan fingerprint density at radius 1 is 1.00 bits per heavy atom. The SMILES string of the molecule is CCC(C)Oc1ccc(Nc2ncc(C(F)(F)F)c(Nc3cccc(OC4CCCC4)c3)n2)cc1. The monoisotopic (exact) mass is 486 g/mol. The van der Waals surface area contributed by atoms with Crippen molar-refractivity contribution in [1.82, 2.24) is 9.97 Å². The quantitative estimate of drug-likeness (QED) is 0.327. The maximum Gasteiger partial charge on any atom is 0.421 e. The van der Waals surface area contributed by atoms with E-state index in [1.165, 1.54) is 0 Å². The number of anilines is 4. The van der Waals surface area contributed by atoms with Crippen LogP contribution in [0.25, 0.3) is 0 Å². The molecule has 35 heavy (non-hydrogen) atoms. The second-order valence-corrected chi connectivity index (χ2v) is 8.62. The number of alkyl halides is 3. The first-order valence-electron chi connectivity index (χ1n) is 11.8. The Labute approximate surface area is 202 Å². The number of rotatable bonds is 9. The van der Waals surface area contributed by atoms with Crippen LogP contribution >= 0.6 is 0 Å². The van der Waals surface area contributed by atoms with Gasteiger partial charge < -0.3 is 20.1 Å². The van der Waals surface area contributed by atoms with Crippen LogP contribution in [0.2, 0.25) is 0 Å². The lowest BCUT2D eigenvalue weighted by atomic mass is 10.2. The molecule has 0 bridgehead atoms. The van der Waals surface area contributed by atoms with Gasteiger partial charge in [0.15, 0.2) is 0 Å². The molecule has 0 aliphatic heterocycles. The van der Waals surface area contributed by atoms with Crippen LogP contribution in [0.4, 0.5) is 36.3 Å². The molecule has 3 aromatic rings. The predicted octanol–water partition coefficient (Wildman–Crippen LogP) is 7.48. The third kappa shape index (κ3) is 6.77. The molecule has 0 saturated heterocycles. The van der Waals surface area contributed by atoms with Crippen LogP contribution in [0, 0.1) is 0 Å². The molecule has 1 heterocycles. The third-order valence-corrected chi connectivity index (χ3v) is 5.82. The number of benzene rings is 2. The third-order valence-electron chi connectivity index (χ3n) is 5.82. The molecule has 1 atom stereocenters. The van der Waals surface area contributed by atoms with Crippen molar-refractivity contribution in [3.05, 3.63) is 60.3 Å². The molecule has 186 valence electrons. The van der Waals surface area contributed by atoms with E-state index in [-0.39, 0.29) is 24.0 Å². The Morgan fingerprint density at radius 3 is 2.43 bits per heavy atom. The maximum absolute atomic E-state index is 13.7. The molecule has 0 amide bonds. The predicted molar refractivity (Wildman–Crippen MR) is 130 cm³/mol. The number of hydrogen-bond acceptors (Lipinski definition) is 6. The van der Waals surface area contributed by atoms with E-state index < -0.39 is 11.7 Å². The summed E-state index contributed by atoms with van der Waals surface area (Å²) in [4.78, 5) is 8.00. The summed E-state index contributed by atoms with van der Waals surface area (Å²) in [6.45, 7) is 4.01. The fourth-order valence-corrected chi connectivity index (χ4v) is 3.79. The summed E-state index contributed by atoms with van der Waals surface area (Å²) in [5.41, 5.74) is 0.115. The Bertz CT molecular complexity index is 1120. The number of hydrogen-bond donors (Lipinski definition) is 2. The lowest BCUT2D eigenvalue weighted by Crippen LogP contribution is -2.13. The second kappa shape index (κ2) is 10.8. The van der Waals surface area contributed by atoms with Crippen molar-refractivity contribution < 1.29 is 22.6 Å². The highest BCUT2D eigenvalue weighted by molar-refractivity contribution is 5.64. The minimum atomic E-state index is -4.62. The summed E-state index contributed by atoms with van der Waals surface area (Å²) >= 11 is 0. The molecule has 1 aromatic heterocycles. The van der Waals surface area contributed by atoms with E-state index in [1.807, 2.05) is 13.8 Å². The van der Waals surface area contributed by atoms with Crippen molar-refractivity contribution in [2.75, 3.05) is 10.6 Å². The molecule has 0 spiro atoms. The van der Waals surface area contributed by atoms with Crippen molar-refractivity contribution in [2.24, 2.45) is 0 Å². The van der Waals surface area contributed by atoms with Crippen LogP contribution in [0.1, 0.15) is 51.5 Å². The van der Waals surface area contributed by atoms with Gasteiger partial charge in [0.2, 0.25) is 5.95 Å². The van der Waals surface area contributed by atoms with Crippen LogP contribution in [0.15, 0.2) is 54.7 Å². The summed E-state index contributed by atoms with van der Waals surface area (Å²) in [5.74, 6) is 1.02. The van der Waals surface area contributed by atoms with Crippen molar-refractivity contribution in [2.45, 2.75) is 64.3 Å². The minimum Gasteiger partial charge on any atom is -0.491 e. The topological polar surface area (TPSA) is 68.3 Å². The standard InChI is InChI=1S/C26H29F3N4O2/c1-3-17(2)34-21-13-11-18(12-14-21)32-25-30-16-23(26(27,28)29)24(33-25)31-19-7-6-10-22(15-19)35-20-8-4-5-9-20/h6-7,10-17,20H,3-5,8-9H2,1-2H3,(H2,30,31,32,33). The number of aromatic nitrogens is 2. The van der Waals surface area contributed by atoms with E-state index in [1.54, 1.807) is 48.5 Å². The number of ether oxygens (including phenoxy) is 2. The van der Waals surface area contributed by atoms with Gasteiger partial charge in [-0.3, -0.25) is 0 Å². The molecule has 1 aliphatic rings.